The highest BCUT2D eigenvalue weighted by Gasteiger charge is 2.10. The third-order valence-corrected chi connectivity index (χ3v) is 4.03. The summed E-state index contributed by atoms with van der Waals surface area (Å²) < 4.78 is 6.59. The minimum Gasteiger partial charge on any atom is -0.380 e. The Morgan fingerprint density at radius 3 is 2.63 bits per heavy atom. The van der Waals surface area contributed by atoms with Crippen LogP contribution in [0.25, 0.3) is 0 Å². The standard InChI is InChI=1S/C15H25BrN2O/c1-5-18(9-10-19-6-2)13-7-8-14(12(3)17-4)15(16)11-13/h7-8,11-12,17H,5-6,9-10H2,1-4H3. The van der Waals surface area contributed by atoms with Crippen molar-refractivity contribution in [2.75, 3.05) is 38.3 Å². The van der Waals surface area contributed by atoms with Crippen LogP contribution in [0.4, 0.5) is 5.69 Å². The van der Waals surface area contributed by atoms with Crippen LogP contribution in [0.15, 0.2) is 22.7 Å². The summed E-state index contributed by atoms with van der Waals surface area (Å²) in [6, 6.07) is 6.91. The molecule has 0 saturated heterocycles. The van der Waals surface area contributed by atoms with Crippen molar-refractivity contribution in [2.24, 2.45) is 0 Å². The van der Waals surface area contributed by atoms with Crippen molar-refractivity contribution in [3.8, 4) is 0 Å². The molecule has 0 aromatic heterocycles. The van der Waals surface area contributed by atoms with Gasteiger partial charge in [-0.05, 0) is 45.5 Å². The summed E-state index contributed by atoms with van der Waals surface area (Å²) in [5, 5.41) is 3.26. The predicted molar refractivity (Wildman–Crippen MR) is 86.0 cm³/mol. The van der Waals surface area contributed by atoms with E-state index in [9.17, 15) is 0 Å². The highest BCUT2D eigenvalue weighted by molar-refractivity contribution is 9.10. The van der Waals surface area contributed by atoms with Gasteiger partial charge in [0.05, 0.1) is 6.61 Å². The molecule has 19 heavy (non-hydrogen) atoms. The number of anilines is 1. The molecule has 0 aliphatic carbocycles. The summed E-state index contributed by atoms with van der Waals surface area (Å²) in [4.78, 5) is 2.33. The van der Waals surface area contributed by atoms with Gasteiger partial charge in [0.15, 0.2) is 0 Å². The molecule has 0 radical (unpaired) electrons. The van der Waals surface area contributed by atoms with Crippen molar-refractivity contribution in [2.45, 2.75) is 26.8 Å². The zero-order valence-corrected chi connectivity index (χ0v) is 14.0. The van der Waals surface area contributed by atoms with Crippen molar-refractivity contribution in [3.63, 3.8) is 0 Å². The molecular formula is C15H25BrN2O. The second-order valence-electron chi connectivity index (χ2n) is 4.49. The maximum atomic E-state index is 5.43. The molecule has 1 aromatic carbocycles. The molecule has 0 aliphatic heterocycles. The molecule has 3 nitrogen and oxygen atoms in total. The molecular weight excluding hydrogens is 304 g/mol. The third-order valence-electron chi connectivity index (χ3n) is 3.34. The van der Waals surface area contributed by atoms with E-state index in [0.717, 1.165) is 30.8 Å². The Hall–Kier alpha value is -0.580. The van der Waals surface area contributed by atoms with Gasteiger partial charge in [-0.2, -0.15) is 0 Å². The van der Waals surface area contributed by atoms with E-state index in [1.54, 1.807) is 0 Å². The molecule has 4 heteroatoms. The van der Waals surface area contributed by atoms with Crippen LogP contribution < -0.4 is 10.2 Å². The maximum absolute atomic E-state index is 5.43. The molecule has 1 atom stereocenters. The fraction of sp³-hybridized carbons (Fsp3) is 0.600. The van der Waals surface area contributed by atoms with Gasteiger partial charge in [0.25, 0.3) is 0 Å². The van der Waals surface area contributed by atoms with Crippen LogP contribution in [0.2, 0.25) is 0 Å². The number of benzene rings is 1. The lowest BCUT2D eigenvalue weighted by molar-refractivity contribution is 0.154. The smallest absolute Gasteiger partial charge is 0.0641 e. The minimum atomic E-state index is 0.349. The van der Waals surface area contributed by atoms with E-state index in [1.807, 2.05) is 14.0 Å². The zero-order chi connectivity index (χ0) is 14.3. The molecule has 0 heterocycles. The highest BCUT2D eigenvalue weighted by atomic mass is 79.9. The summed E-state index contributed by atoms with van der Waals surface area (Å²) in [5.74, 6) is 0. The van der Waals surface area contributed by atoms with Gasteiger partial charge in [0.2, 0.25) is 0 Å². The molecule has 0 fully saturated rings. The lowest BCUT2D eigenvalue weighted by atomic mass is 10.1. The number of nitrogens with zero attached hydrogens (tertiary/aromatic N) is 1. The Bertz CT molecular complexity index is 384. The van der Waals surface area contributed by atoms with E-state index >= 15 is 0 Å². The lowest BCUT2D eigenvalue weighted by Gasteiger charge is -2.24. The Morgan fingerprint density at radius 2 is 2.11 bits per heavy atom. The molecule has 0 bridgehead atoms. The number of rotatable bonds is 8. The average Bonchev–Trinajstić information content (AvgIpc) is 2.43. The van der Waals surface area contributed by atoms with Crippen LogP contribution in [0.1, 0.15) is 32.4 Å². The second kappa shape index (κ2) is 8.56. The number of hydrogen-bond donors (Lipinski definition) is 1. The molecule has 108 valence electrons. The second-order valence-corrected chi connectivity index (χ2v) is 5.35. The molecule has 1 N–H and O–H groups in total. The van der Waals surface area contributed by atoms with Gasteiger partial charge in [0, 0.05) is 35.9 Å². The first-order valence-electron chi connectivity index (χ1n) is 6.93. The Balaban J connectivity index is 2.79. The molecule has 0 saturated carbocycles. The van der Waals surface area contributed by atoms with Crippen molar-refractivity contribution in [1.82, 2.24) is 5.32 Å². The van der Waals surface area contributed by atoms with E-state index in [0.29, 0.717) is 6.04 Å². The van der Waals surface area contributed by atoms with Gasteiger partial charge < -0.3 is 15.0 Å². The fourth-order valence-electron chi connectivity index (χ4n) is 2.01. The normalized spacial score (nSPS) is 12.5. The topological polar surface area (TPSA) is 24.5 Å². The van der Waals surface area contributed by atoms with Gasteiger partial charge >= 0.3 is 0 Å². The van der Waals surface area contributed by atoms with Crippen LogP contribution >= 0.6 is 15.9 Å². The monoisotopic (exact) mass is 328 g/mol. The van der Waals surface area contributed by atoms with Crippen molar-refractivity contribution in [1.29, 1.82) is 0 Å². The quantitative estimate of drug-likeness (QED) is 0.738. The number of likely N-dealkylation sites (N-methyl/N-ethyl adjacent to an activating group) is 1. The minimum absolute atomic E-state index is 0.349. The van der Waals surface area contributed by atoms with Gasteiger partial charge in [-0.1, -0.05) is 22.0 Å². The summed E-state index contributed by atoms with van der Waals surface area (Å²) in [5.41, 5.74) is 2.52. The van der Waals surface area contributed by atoms with Gasteiger partial charge in [-0.3, -0.25) is 0 Å². The number of halogens is 1. The van der Waals surface area contributed by atoms with Gasteiger partial charge in [-0.15, -0.1) is 0 Å². The Labute approximate surface area is 125 Å². The first kappa shape index (κ1) is 16.5. The molecule has 1 aromatic rings. The van der Waals surface area contributed by atoms with Crippen LogP contribution in [0.5, 0.6) is 0 Å². The van der Waals surface area contributed by atoms with E-state index in [1.165, 1.54) is 11.3 Å². The van der Waals surface area contributed by atoms with Crippen molar-refractivity contribution < 1.29 is 4.74 Å². The third kappa shape index (κ3) is 4.79. The van der Waals surface area contributed by atoms with Crippen molar-refractivity contribution >= 4 is 21.6 Å². The van der Waals surface area contributed by atoms with Gasteiger partial charge in [-0.25, -0.2) is 0 Å². The lowest BCUT2D eigenvalue weighted by Crippen LogP contribution is -2.27. The predicted octanol–water partition coefficient (Wildman–Crippen LogP) is 3.59. The molecule has 1 unspecified atom stereocenters. The Morgan fingerprint density at radius 1 is 1.37 bits per heavy atom. The van der Waals surface area contributed by atoms with E-state index in [-0.39, 0.29) is 0 Å². The largest absolute Gasteiger partial charge is 0.380 e. The maximum Gasteiger partial charge on any atom is 0.0641 e. The first-order chi connectivity index (χ1) is 9.13. The van der Waals surface area contributed by atoms with Crippen LogP contribution in [0, 0.1) is 0 Å². The van der Waals surface area contributed by atoms with Crippen molar-refractivity contribution in [3.05, 3.63) is 28.2 Å². The summed E-state index contributed by atoms with van der Waals surface area (Å²) in [6.45, 7) is 9.83. The first-order valence-corrected chi connectivity index (χ1v) is 7.72. The summed E-state index contributed by atoms with van der Waals surface area (Å²) >= 11 is 3.67. The SMILES string of the molecule is CCOCCN(CC)c1ccc(C(C)NC)c(Br)c1. The fourth-order valence-corrected chi connectivity index (χ4v) is 2.72. The van der Waals surface area contributed by atoms with Crippen LogP contribution in [0.3, 0.4) is 0 Å². The van der Waals surface area contributed by atoms with E-state index in [4.69, 9.17) is 4.74 Å². The highest BCUT2D eigenvalue weighted by Crippen LogP contribution is 2.28. The zero-order valence-electron chi connectivity index (χ0n) is 12.4. The number of ether oxygens (including phenoxy) is 1. The average molecular weight is 329 g/mol. The molecule has 0 amide bonds. The molecule has 0 aliphatic rings. The molecule has 0 spiro atoms. The van der Waals surface area contributed by atoms with Crippen LogP contribution in [-0.4, -0.2) is 33.4 Å². The Kier molecular flexibility index (Phi) is 7.42. The molecule has 1 rings (SSSR count). The summed E-state index contributed by atoms with van der Waals surface area (Å²) in [7, 11) is 1.98. The van der Waals surface area contributed by atoms with Crippen LogP contribution in [-0.2, 0) is 4.74 Å². The van der Waals surface area contributed by atoms with Gasteiger partial charge in [0.1, 0.15) is 0 Å². The number of hydrogen-bond acceptors (Lipinski definition) is 3. The van der Waals surface area contributed by atoms with E-state index in [2.05, 4.69) is 58.2 Å². The number of nitrogens with one attached hydrogen (secondary N) is 1. The summed E-state index contributed by atoms with van der Waals surface area (Å²) in [6.07, 6.45) is 0. The van der Waals surface area contributed by atoms with E-state index < -0.39 is 0 Å².